The molecule has 0 unspecified atom stereocenters. The van der Waals surface area contributed by atoms with Crippen LogP contribution >= 0.6 is 0 Å². The van der Waals surface area contributed by atoms with Gasteiger partial charge in [0.1, 0.15) is 11.5 Å². The van der Waals surface area contributed by atoms with E-state index in [-0.39, 0.29) is 30.4 Å². The van der Waals surface area contributed by atoms with Crippen LogP contribution in [-0.4, -0.2) is 16.0 Å². The van der Waals surface area contributed by atoms with Gasteiger partial charge in [-0.1, -0.05) is 0 Å². The van der Waals surface area contributed by atoms with Gasteiger partial charge in [0.2, 0.25) is 0 Å². The predicted molar refractivity (Wildman–Crippen MR) is 75.4 cm³/mol. The first-order valence-electron chi connectivity index (χ1n) is 6.15. The Kier molecular flexibility index (Phi) is 4.02. The molecule has 0 aromatic heterocycles. The van der Waals surface area contributed by atoms with Gasteiger partial charge in [0.25, 0.3) is 0 Å². The first kappa shape index (κ1) is 14.0. The SMILES string of the molecule is NCc1cc(O)ccc1C(=O)c1ccc(O)cc1CN. The van der Waals surface area contributed by atoms with Gasteiger partial charge < -0.3 is 21.7 Å². The van der Waals surface area contributed by atoms with Crippen molar-refractivity contribution in [2.24, 2.45) is 11.5 Å². The molecule has 2 aromatic rings. The summed E-state index contributed by atoms with van der Waals surface area (Å²) < 4.78 is 0. The number of phenolic OH excluding ortho intramolecular Hbond substituents is 2. The standard InChI is InChI=1S/C15H16N2O3/c16-7-9-5-11(18)1-3-13(9)15(20)14-4-2-12(19)6-10(14)8-17/h1-6,18-19H,7-8,16-17H2. The quantitative estimate of drug-likeness (QED) is 0.626. The van der Waals surface area contributed by atoms with E-state index in [2.05, 4.69) is 0 Å². The Morgan fingerprint density at radius 3 is 1.60 bits per heavy atom. The minimum atomic E-state index is -0.231. The Bertz CT molecular complexity index is 598. The van der Waals surface area contributed by atoms with E-state index >= 15 is 0 Å². The molecular weight excluding hydrogens is 256 g/mol. The van der Waals surface area contributed by atoms with Crippen LogP contribution in [0.3, 0.4) is 0 Å². The van der Waals surface area contributed by atoms with Crippen LogP contribution in [0.5, 0.6) is 11.5 Å². The van der Waals surface area contributed by atoms with Gasteiger partial charge in [0.15, 0.2) is 5.78 Å². The van der Waals surface area contributed by atoms with E-state index in [0.717, 1.165) is 0 Å². The Hall–Kier alpha value is -2.37. The second-order valence-corrected chi connectivity index (χ2v) is 4.42. The zero-order valence-electron chi connectivity index (χ0n) is 10.8. The summed E-state index contributed by atoms with van der Waals surface area (Å²) >= 11 is 0. The summed E-state index contributed by atoms with van der Waals surface area (Å²) in [5, 5.41) is 18.9. The number of nitrogens with two attached hydrogens (primary N) is 2. The van der Waals surface area contributed by atoms with Crippen molar-refractivity contribution in [1.82, 2.24) is 0 Å². The first-order valence-corrected chi connectivity index (χ1v) is 6.15. The number of carbonyl (C=O) groups excluding carboxylic acids is 1. The normalized spacial score (nSPS) is 10.5. The summed E-state index contributed by atoms with van der Waals surface area (Å²) in [4.78, 5) is 12.6. The Labute approximate surface area is 116 Å². The number of carbonyl (C=O) groups is 1. The highest BCUT2D eigenvalue weighted by Crippen LogP contribution is 2.23. The van der Waals surface area contributed by atoms with Crippen molar-refractivity contribution in [3.05, 3.63) is 58.7 Å². The van der Waals surface area contributed by atoms with E-state index in [9.17, 15) is 15.0 Å². The van der Waals surface area contributed by atoms with Gasteiger partial charge in [-0.2, -0.15) is 0 Å². The third-order valence-corrected chi connectivity index (χ3v) is 3.11. The monoisotopic (exact) mass is 272 g/mol. The van der Waals surface area contributed by atoms with E-state index in [1.54, 1.807) is 0 Å². The second kappa shape index (κ2) is 5.73. The molecule has 0 amide bonds. The van der Waals surface area contributed by atoms with Crippen LogP contribution < -0.4 is 11.5 Å². The van der Waals surface area contributed by atoms with Crippen LogP contribution in [-0.2, 0) is 13.1 Å². The van der Waals surface area contributed by atoms with Crippen LogP contribution in [0.25, 0.3) is 0 Å². The molecule has 0 atom stereocenters. The summed E-state index contributed by atoms with van der Waals surface area (Å²) in [5.74, 6) is -0.107. The van der Waals surface area contributed by atoms with Gasteiger partial charge in [-0.3, -0.25) is 4.79 Å². The first-order chi connectivity index (χ1) is 9.56. The minimum absolute atomic E-state index is 0.0618. The molecule has 0 spiro atoms. The maximum absolute atomic E-state index is 12.6. The summed E-state index contributed by atoms with van der Waals surface area (Å²) in [6.07, 6.45) is 0. The second-order valence-electron chi connectivity index (χ2n) is 4.42. The maximum atomic E-state index is 12.6. The smallest absolute Gasteiger partial charge is 0.193 e. The molecule has 2 aromatic carbocycles. The number of hydrogen-bond donors (Lipinski definition) is 4. The van der Waals surface area contributed by atoms with Gasteiger partial charge in [0, 0.05) is 24.2 Å². The van der Waals surface area contributed by atoms with Crippen molar-refractivity contribution < 1.29 is 15.0 Å². The topological polar surface area (TPSA) is 110 Å². The average Bonchev–Trinajstić information content (AvgIpc) is 2.46. The molecule has 0 heterocycles. The Morgan fingerprint density at radius 2 is 1.25 bits per heavy atom. The lowest BCUT2D eigenvalue weighted by atomic mass is 9.94. The van der Waals surface area contributed by atoms with Crippen molar-refractivity contribution in [2.75, 3.05) is 0 Å². The summed E-state index contributed by atoms with van der Waals surface area (Å²) in [6, 6.07) is 8.88. The molecule has 6 N–H and O–H groups in total. The van der Waals surface area contributed by atoms with Crippen molar-refractivity contribution in [2.45, 2.75) is 13.1 Å². The minimum Gasteiger partial charge on any atom is -0.508 e. The molecule has 0 aliphatic heterocycles. The molecule has 5 nitrogen and oxygen atoms in total. The van der Waals surface area contributed by atoms with Crippen molar-refractivity contribution >= 4 is 5.78 Å². The molecule has 5 heteroatoms. The van der Waals surface area contributed by atoms with E-state index in [1.165, 1.54) is 36.4 Å². The lowest BCUT2D eigenvalue weighted by Gasteiger charge is -2.11. The van der Waals surface area contributed by atoms with Crippen molar-refractivity contribution in [3.8, 4) is 11.5 Å². The number of ketones is 1. The highest BCUT2D eigenvalue weighted by molar-refractivity contribution is 6.11. The zero-order chi connectivity index (χ0) is 14.7. The van der Waals surface area contributed by atoms with Crippen molar-refractivity contribution in [1.29, 1.82) is 0 Å². The highest BCUT2D eigenvalue weighted by Gasteiger charge is 2.16. The van der Waals surface area contributed by atoms with E-state index in [4.69, 9.17) is 11.5 Å². The van der Waals surface area contributed by atoms with Gasteiger partial charge in [-0.25, -0.2) is 0 Å². The van der Waals surface area contributed by atoms with Crippen molar-refractivity contribution in [3.63, 3.8) is 0 Å². The predicted octanol–water partition coefficient (Wildman–Crippen LogP) is 1.25. The largest absolute Gasteiger partial charge is 0.508 e. The fourth-order valence-corrected chi connectivity index (χ4v) is 2.09. The van der Waals surface area contributed by atoms with Crippen LogP contribution in [0.1, 0.15) is 27.0 Å². The molecule has 2 rings (SSSR count). The third-order valence-electron chi connectivity index (χ3n) is 3.11. The lowest BCUT2D eigenvalue weighted by Crippen LogP contribution is -2.12. The fourth-order valence-electron chi connectivity index (χ4n) is 2.09. The van der Waals surface area contributed by atoms with Crippen LogP contribution in [0.2, 0.25) is 0 Å². The molecule has 0 aliphatic carbocycles. The molecule has 0 radical (unpaired) electrons. The highest BCUT2D eigenvalue weighted by atomic mass is 16.3. The molecule has 104 valence electrons. The summed E-state index contributed by atoms with van der Waals surface area (Å²) in [6.45, 7) is 0.289. The molecule has 0 saturated carbocycles. The fraction of sp³-hybridized carbons (Fsp3) is 0.133. The summed E-state index contributed by atoms with van der Waals surface area (Å²) in [5.41, 5.74) is 13.2. The molecule has 0 bridgehead atoms. The number of phenols is 2. The molecular formula is C15H16N2O3. The number of benzene rings is 2. The Morgan fingerprint density at radius 1 is 0.850 bits per heavy atom. The van der Waals surface area contributed by atoms with E-state index in [1.807, 2.05) is 0 Å². The van der Waals surface area contributed by atoms with Gasteiger partial charge in [-0.05, 0) is 47.5 Å². The number of rotatable bonds is 4. The van der Waals surface area contributed by atoms with Gasteiger partial charge >= 0.3 is 0 Å². The number of aromatic hydroxyl groups is 2. The lowest BCUT2D eigenvalue weighted by molar-refractivity contribution is 0.103. The Balaban J connectivity index is 2.51. The molecule has 0 saturated heterocycles. The van der Waals surface area contributed by atoms with Gasteiger partial charge in [-0.15, -0.1) is 0 Å². The van der Waals surface area contributed by atoms with E-state index < -0.39 is 0 Å². The van der Waals surface area contributed by atoms with Crippen LogP contribution in [0, 0.1) is 0 Å². The van der Waals surface area contributed by atoms with Crippen LogP contribution in [0.15, 0.2) is 36.4 Å². The molecule has 0 aliphatic rings. The third kappa shape index (κ3) is 2.64. The molecule has 20 heavy (non-hydrogen) atoms. The maximum Gasteiger partial charge on any atom is 0.193 e. The van der Waals surface area contributed by atoms with Gasteiger partial charge in [0.05, 0.1) is 0 Å². The average molecular weight is 272 g/mol. The molecule has 0 fully saturated rings. The van der Waals surface area contributed by atoms with E-state index in [0.29, 0.717) is 22.3 Å². The zero-order valence-corrected chi connectivity index (χ0v) is 10.8. The van der Waals surface area contributed by atoms with Crippen LogP contribution in [0.4, 0.5) is 0 Å². The number of hydrogen-bond acceptors (Lipinski definition) is 5. The summed E-state index contributed by atoms with van der Waals surface area (Å²) in [7, 11) is 0.